The van der Waals surface area contributed by atoms with Crippen LogP contribution in [0.2, 0.25) is 5.02 Å². The first-order valence-corrected chi connectivity index (χ1v) is 7.44. The Kier molecular flexibility index (Phi) is 5.40. The lowest BCUT2D eigenvalue weighted by Crippen LogP contribution is -2.40. The fraction of sp³-hybridized carbons (Fsp3) is 0.533. The Labute approximate surface area is 125 Å². The number of benzene rings is 1. The number of carbonyl (C=O) groups excluding carboxylic acids is 1. The number of piperidine rings is 1. The number of nitrogens with one attached hydrogen (secondary N) is 1. The summed E-state index contributed by atoms with van der Waals surface area (Å²) in [6.45, 7) is 5.04. The maximum Gasteiger partial charge on any atom is 0.238 e. The molecule has 3 N–H and O–H groups in total. The fourth-order valence-corrected chi connectivity index (χ4v) is 2.67. The van der Waals surface area contributed by atoms with E-state index < -0.39 is 0 Å². The van der Waals surface area contributed by atoms with E-state index >= 15 is 0 Å². The minimum absolute atomic E-state index is 0.0153. The Morgan fingerprint density at radius 2 is 2.15 bits per heavy atom. The Morgan fingerprint density at radius 3 is 2.80 bits per heavy atom. The quantitative estimate of drug-likeness (QED) is 0.896. The minimum Gasteiger partial charge on any atom is -0.330 e. The van der Waals surface area contributed by atoms with Crippen molar-refractivity contribution in [1.82, 2.24) is 4.90 Å². The zero-order chi connectivity index (χ0) is 14.5. The van der Waals surface area contributed by atoms with Gasteiger partial charge in [-0.3, -0.25) is 9.69 Å². The third-order valence-electron chi connectivity index (χ3n) is 3.88. The van der Waals surface area contributed by atoms with Gasteiger partial charge in [-0.25, -0.2) is 0 Å². The van der Waals surface area contributed by atoms with Crippen LogP contribution in [0.1, 0.15) is 18.4 Å². The van der Waals surface area contributed by atoms with Crippen LogP contribution in [0.4, 0.5) is 5.69 Å². The third-order valence-corrected chi connectivity index (χ3v) is 4.12. The van der Waals surface area contributed by atoms with E-state index in [2.05, 4.69) is 10.2 Å². The van der Waals surface area contributed by atoms with Crippen molar-refractivity contribution in [2.75, 3.05) is 31.5 Å². The number of nitrogens with two attached hydrogens (primary N) is 1. The number of rotatable bonds is 4. The van der Waals surface area contributed by atoms with Gasteiger partial charge in [0.25, 0.3) is 0 Å². The molecule has 1 aliphatic heterocycles. The summed E-state index contributed by atoms with van der Waals surface area (Å²) in [4.78, 5) is 14.3. The van der Waals surface area contributed by atoms with E-state index in [-0.39, 0.29) is 5.91 Å². The summed E-state index contributed by atoms with van der Waals surface area (Å²) in [7, 11) is 0. The highest BCUT2D eigenvalue weighted by atomic mass is 35.5. The average molecular weight is 296 g/mol. The van der Waals surface area contributed by atoms with Crippen LogP contribution in [0.5, 0.6) is 0 Å². The summed E-state index contributed by atoms with van der Waals surface area (Å²) in [5, 5.41) is 3.57. The molecule has 0 aliphatic carbocycles. The summed E-state index contributed by atoms with van der Waals surface area (Å²) in [6.07, 6.45) is 2.17. The van der Waals surface area contributed by atoms with Crippen molar-refractivity contribution in [2.45, 2.75) is 19.8 Å². The van der Waals surface area contributed by atoms with Crippen LogP contribution < -0.4 is 11.1 Å². The molecule has 1 aromatic carbocycles. The molecule has 1 heterocycles. The van der Waals surface area contributed by atoms with Crippen LogP contribution in [0.3, 0.4) is 0 Å². The van der Waals surface area contributed by atoms with Gasteiger partial charge in [0.1, 0.15) is 0 Å². The SMILES string of the molecule is Cc1ccc(Cl)cc1NC(=O)CN1CCC(CN)CC1. The average Bonchev–Trinajstić information content (AvgIpc) is 2.43. The van der Waals surface area contributed by atoms with Gasteiger partial charge in [0.15, 0.2) is 0 Å². The Hall–Kier alpha value is -1.10. The normalized spacial score (nSPS) is 17.1. The van der Waals surface area contributed by atoms with Gasteiger partial charge in [-0.2, -0.15) is 0 Å². The minimum atomic E-state index is 0.0153. The number of nitrogens with zero attached hydrogens (tertiary/aromatic N) is 1. The molecule has 0 bridgehead atoms. The van der Waals surface area contributed by atoms with Crippen molar-refractivity contribution in [3.8, 4) is 0 Å². The molecule has 110 valence electrons. The second kappa shape index (κ2) is 7.07. The molecule has 0 radical (unpaired) electrons. The van der Waals surface area contributed by atoms with Crippen molar-refractivity contribution in [2.24, 2.45) is 11.7 Å². The van der Waals surface area contributed by atoms with Crippen LogP contribution in [-0.2, 0) is 4.79 Å². The van der Waals surface area contributed by atoms with Gasteiger partial charge >= 0.3 is 0 Å². The van der Waals surface area contributed by atoms with Crippen LogP contribution in [0.15, 0.2) is 18.2 Å². The number of anilines is 1. The number of hydrogen-bond donors (Lipinski definition) is 2. The molecule has 20 heavy (non-hydrogen) atoms. The third kappa shape index (κ3) is 4.20. The molecule has 0 unspecified atom stereocenters. The Morgan fingerprint density at radius 1 is 1.45 bits per heavy atom. The summed E-state index contributed by atoms with van der Waals surface area (Å²) >= 11 is 5.95. The summed E-state index contributed by atoms with van der Waals surface area (Å²) < 4.78 is 0. The number of amides is 1. The van der Waals surface area contributed by atoms with Gasteiger partial charge in [0.2, 0.25) is 5.91 Å². The number of likely N-dealkylation sites (tertiary alicyclic amines) is 1. The van der Waals surface area contributed by atoms with E-state index in [1.165, 1.54) is 0 Å². The zero-order valence-electron chi connectivity index (χ0n) is 11.9. The molecule has 1 aliphatic rings. The van der Waals surface area contributed by atoms with Gasteiger partial charge in [0, 0.05) is 10.7 Å². The molecule has 5 heteroatoms. The van der Waals surface area contributed by atoms with Gasteiger partial charge < -0.3 is 11.1 Å². The van der Waals surface area contributed by atoms with Crippen molar-refractivity contribution < 1.29 is 4.79 Å². The second-order valence-electron chi connectivity index (χ2n) is 5.46. The summed E-state index contributed by atoms with van der Waals surface area (Å²) in [6, 6.07) is 5.52. The van der Waals surface area contributed by atoms with E-state index in [1.807, 2.05) is 19.1 Å². The van der Waals surface area contributed by atoms with E-state index in [0.717, 1.165) is 43.7 Å². The van der Waals surface area contributed by atoms with Gasteiger partial charge in [0.05, 0.1) is 6.54 Å². The first-order chi connectivity index (χ1) is 9.58. The molecule has 2 rings (SSSR count). The Balaban J connectivity index is 1.85. The molecule has 1 fully saturated rings. The molecule has 1 aromatic rings. The maximum atomic E-state index is 12.1. The van der Waals surface area contributed by atoms with E-state index in [9.17, 15) is 4.79 Å². The molecule has 1 saturated heterocycles. The predicted molar refractivity (Wildman–Crippen MR) is 83.0 cm³/mol. The number of hydrogen-bond acceptors (Lipinski definition) is 3. The van der Waals surface area contributed by atoms with Gasteiger partial charge in [-0.05, 0) is 63.0 Å². The van der Waals surface area contributed by atoms with Crippen molar-refractivity contribution in [3.05, 3.63) is 28.8 Å². The standard InChI is InChI=1S/C15H22ClN3O/c1-11-2-3-13(16)8-14(11)18-15(20)10-19-6-4-12(9-17)5-7-19/h2-3,8,12H,4-7,9-10,17H2,1H3,(H,18,20). The lowest BCUT2D eigenvalue weighted by molar-refractivity contribution is -0.117. The first kappa shape index (κ1) is 15.3. The van der Waals surface area contributed by atoms with Crippen LogP contribution in [0.25, 0.3) is 0 Å². The zero-order valence-corrected chi connectivity index (χ0v) is 12.6. The maximum absolute atomic E-state index is 12.1. The first-order valence-electron chi connectivity index (χ1n) is 7.07. The van der Waals surface area contributed by atoms with E-state index in [1.54, 1.807) is 6.07 Å². The number of halogens is 1. The van der Waals surface area contributed by atoms with Crippen molar-refractivity contribution >= 4 is 23.2 Å². The molecule has 4 nitrogen and oxygen atoms in total. The van der Waals surface area contributed by atoms with E-state index in [0.29, 0.717) is 17.5 Å². The van der Waals surface area contributed by atoms with Crippen molar-refractivity contribution in [1.29, 1.82) is 0 Å². The van der Waals surface area contributed by atoms with Crippen LogP contribution >= 0.6 is 11.6 Å². The van der Waals surface area contributed by atoms with Gasteiger partial charge in [-0.15, -0.1) is 0 Å². The molecular weight excluding hydrogens is 274 g/mol. The molecule has 0 saturated carbocycles. The molecule has 1 amide bonds. The number of aryl methyl sites for hydroxylation is 1. The monoisotopic (exact) mass is 295 g/mol. The highest BCUT2D eigenvalue weighted by molar-refractivity contribution is 6.31. The highest BCUT2D eigenvalue weighted by Gasteiger charge is 2.19. The molecule has 0 spiro atoms. The molecule has 0 atom stereocenters. The Bertz CT molecular complexity index is 470. The fourth-order valence-electron chi connectivity index (χ4n) is 2.50. The van der Waals surface area contributed by atoms with Crippen LogP contribution in [-0.4, -0.2) is 37.0 Å². The van der Waals surface area contributed by atoms with Crippen molar-refractivity contribution in [3.63, 3.8) is 0 Å². The van der Waals surface area contributed by atoms with Gasteiger partial charge in [-0.1, -0.05) is 17.7 Å². The topological polar surface area (TPSA) is 58.4 Å². The smallest absolute Gasteiger partial charge is 0.238 e. The van der Waals surface area contributed by atoms with E-state index in [4.69, 9.17) is 17.3 Å². The largest absolute Gasteiger partial charge is 0.330 e. The highest BCUT2D eigenvalue weighted by Crippen LogP contribution is 2.20. The molecule has 0 aromatic heterocycles. The lowest BCUT2D eigenvalue weighted by Gasteiger charge is -2.30. The lowest BCUT2D eigenvalue weighted by atomic mass is 9.97. The number of carbonyl (C=O) groups is 1. The summed E-state index contributed by atoms with van der Waals surface area (Å²) in [5.74, 6) is 0.631. The second-order valence-corrected chi connectivity index (χ2v) is 5.90. The van der Waals surface area contributed by atoms with Crippen LogP contribution in [0, 0.1) is 12.8 Å². The summed E-state index contributed by atoms with van der Waals surface area (Å²) in [5.41, 5.74) is 7.48. The predicted octanol–water partition coefficient (Wildman–Crippen LogP) is 2.26. The molecular formula is C15H22ClN3O.